The summed E-state index contributed by atoms with van der Waals surface area (Å²) < 4.78 is 47.5. The zero-order valence-corrected chi connectivity index (χ0v) is 35.3. The SMILES string of the molecule is COc1nn(C)cc1C(=O)N[S@@]1(=O)=NC(=O)c2ccc3c(c2)N(C[C@@H]2CC[C@H]2[C@@H](OCCN2CCOCC2)/C=C/C[C@H](C)C1)C[C@@]1(CCCc2cc(Cl)ccc21)CO3. The number of aryl methyl sites for hydroxylation is 2. The summed E-state index contributed by atoms with van der Waals surface area (Å²) in [5.41, 5.74) is 3.41. The molecule has 0 unspecified atom stereocenters. The maximum absolute atomic E-state index is 14.8. The van der Waals surface area contributed by atoms with Gasteiger partial charge in [0, 0.05) is 62.0 Å². The summed E-state index contributed by atoms with van der Waals surface area (Å²) in [6.07, 6.45) is 11.3. The van der Waals surface area contributed by atoms with Crippen molar-refractivity contribution < 1.29 is 32.7 Å². The number of nitrogens with zero attached hydrogens (tertiary/aromatic N) is 5. The zero-order valence-electron chi connectivity index (χ0n) is 33.7. The molecule has 2 amide bonds. The molecule has 1 saturated heterocycles. The number of ether oxygens (including phenoxy) is 4. The third kappa shape index (κ3) is 8.81. The van der Waals surface area contributed by atoms with Gasteiger partial charge in [0.15, 0.2) is 0 Å². The molecule has 312 valence electrons. The number of aromatic nitrogens is 2. The molecular weight excluding hydrogens is 780 g/mol. The van der Waals surface area contributed by atoms with Crippen LogP contribution in [-0.2, 0) is 38.3 Å². The molecule has 6 atom stereocenters. The first-order valence-corrected chi connectivity index (χ1v) is 22.7. The Hall–Kier alpha value is -3.95. The number of anilines is 1. The average molecular weight is 835 g/mol. The minimum absolute atomic E-state index is 0.0435. The third-order valence-electron chi connectivity index (χ3n) is 12.5. The molecule has 1 N–H and O–H groups in total. The Bertz CT molecular complexity index is 2160. The van der Waals surface area contributed by atoms with Gasteiger partial charge in [-0.15, -0.1) is 9.46 Å². The van der Waals surface area contributed by atoms with Crippen LogP contribution in [0, 0.1) is 17.8 Å². The number of amides is 2. The number of allylic oxidation sites excluding steroid dienone is 1. The van der Waals surface area contributed by atoms with E-state index in [2.05, 4.69) is 48.3 Å². The summed E-state index contributed by atoms with van der Waals surface area (Å²) in [5.74, 6) is -0.183. The van der Waals surface area contributed by atoms with Crippen molar-refractivity contribution in [3.63, 3.8) is 0 Å². The molecular formula is C43H55ClN6O7S. The quantitative estimate of drug-likeness (QED) is 0.289. The molecule has 2 fully saturated rings. The number of rotatable bonds is 7. The number of carbonyl (C=O) groups excluding carboxylic acids is 2. The van der Waals surface area contributed by atoms with Crippen LogP contribution in [-0.4, -0.2) is 109 Å². The molecule has 3 aromatic rings. The van der Waals surface area contributed by atoms with Crippen molar-refractivity contribution in [2.24, 2.45) is 29.2 Å². The molecule has 2 aromatic carbocycles. The van der Waals surface area contributed by atoms with E-state index in [4.69, 9.17) is 30.5 Å². The van der Waals surface area contributed by atoms with Gasteiger partial charge >= 0.3 is 0 Å². The Labute approximate surface area is 346 Å². The molecule has 5 aliphatic rings. The number of morpholine rings is 1. The fourth-order valence-corrected chi connectivity index (χ4v) is 11.5. The highest BCUT2D eigenvalue weighted by atomic mass is 35.5. The molecule has 2 bridgehead atoms. The average Bonchev–Trinajstić information content (AvgIpc) is 3.51. The van der Waals surface area contributed by atoms with Crippen molar-refractivity contribution in [2.75, 3.05) is 76.9 Å². The number of hydrogen-bond acceptors (Lipinski definition) is 10. The maximum atomic E-state index is 14.8. The Morgan fingerprint density at radius 2 is 2.00 bits per heavy atom. The molecule has 1 saturated carbocycles. The van der Waals surface area contributed by atoms with Gasteiger partial charge in [0.2, 0.25) is 5.88 Å². The number of halogens is 1. The van der Waals surface area contributed by atoms with E-state index in [1.807, 2.05) is 25.1 Å². The van der Waals surface area contributed by atoms with Gasteiger partial charge in [-0.05, 0) is 97.7 Å². The predicted octanol–water partition coefficient (Wildman–Crippen LogP) is 5.85. The number of carbonyl (C=O) groups is 2. The van der Waals surface area contributed by atoms with Gasteiger partial charge in [-0.1, -0.05) is 36.7 Å². The van der Waals surface area contributed by atoms with E-state index in [0.29, 0.717) is 43.8 Å². The summed E-state index contributed by atoms with van der Waals surface area (Å²) >= 11 is 6.51. The molecule has 1 spiro atoms. The summed E-state index contributed by atoms with van der Waals surface area (Å²) in [5, 5.41) is 4.91. The number of nitrogens with one attached hydrogen (secondary N) is 1. The number of benzene rings is 2. The van der Waals surface area contributed by atoms with Crippen LogP contribution < -0.4 is 19.1 Å². The Kier molecular flexibility index (Phi) is 12.2. The van der Waals surface area contributed by atoms with Crippen LogP contribution in [0.5, 0.6) is 11.6 Å². The van der Waals surface area contributed by atoms with E-state index in [1.54, 1.807) is 13.1 Å². The molecule has 3 aliphatic heterocycles. The van der Waals surface area contributed by atoms with Crippen LogP contribution in [0.15, 0.2) is 59.1 Å². The molecule has 13 nitrogen and oxygen atoms in total. The van der Waals surface area contributed by atoms with Crippen LogP contribution in [0.1, 0.15) is 70.9 Å². The number of fused-ring (bicyclic) bond motifs is 4. The van der Waals surface area contributed by atoms with Gasteiger partial charge in [0.1, 0.15) is 21.2 Å². The van der Waals surface area contributed by atoms with Crippen molar-refractivity contribution in [2.45, 2.75) is 57.0 Å². The van der Waals surface area contributed by atoms with Gasteiger partial charge in [0.05, 0.1) is 51.1 Å². The lowest BCUT2D eigenvalue weighted by atomic mass is 9.68. The van der Waals surface area contributed by atoms with Crippen molar-refractivity contribution >= 4 is 39.0 Å². The lowest BCUT2D eigenvalue weighted by Gasteiger charge is -2.46. The fraction of sp³-hybridized carbons (Fsp3) is 0.558. The second-order valence-corrected chi connectivity index (χ2v) is 19.1. The van der Waals surface area contributed by atoms with E-state index >= 15 is 0 Å². The van der Waals surface area contributed by atoms with Crippen molar-refractivity contribution in [3.8, 4) is 11.6 Å². The molecule has 8 rings (SSSR count). The Morgan fingerprint density at radius 1 is 1.16 bits per heavy atom. The molecule has 4 heterocycles. The second kappa shape index (κ2) is 17.3. The largest absolute Gasteiger partial charge is 0.490 e. The standard InChI is InChI=1S/C43H55ClN6O7S/c1-29-6-4-8-38(56-21-18-49-16-19-55-20-17-49)34-12-9-32(34)24-50-27-43(15-5-7-30-22-33(44)11-13-36(30)43)28-57-39-14-10-31(23-37(39)50)40(51)46-58(53,26-29)47-41(52)35-25-48(2)45-42(35)54-3/h4,8,10-11,13-14,22-23,25,29,32,34,38H,5-7,9,12,15-21,24,26-28H2,1-3H3,(H,46,47,51,52,53)/b8-4+/t29-,32-,34+,38-,43-,58-/m0/s1. The highest BCUT2D eigenvalue weighted by molar-refractivity contribution is 7.92. The minimum Gasteiger partial charge on any atom is -0.490 e. The third-order valence-corrected chi connectivity index (χ3v) is 14.8. The van der Waals surface area contributed by atoms with Gasteiger partial charge in [0.25, 0.3) is 11.8 Å². The van der Waals surface area contributed by atoms with Crippen molar-refractivity contribution in [1.29, 1.82) is 0 Å². The molecule has 58 heavy (non-hydrogen) atoms. The first-order valence-electron chi connectivity index (χ1n) is 20.6. The molecule has 2 aliphatic carbocycles. The summed E-state index contributed by atoms with van der Waals surface area (Å²) in [4.78, 5) is 32.6. The van der Waals surface area contributed by atoms with Gasteiger partial charge in [-0.2, -0.15) is 0 Å². The number of methoxy groups -OCH3 is 1. The van der Waals surface area contributed by atoms with E-state index in [1.165, 1.54) is 29.1 Å². The topological polar surface area (TPSA) is 137 Å². The maximum Gasteiger partial charge on any atom is 0.286 e. The Balaban J connectivity index is 1.17. The van der Waals surface area contributed by atoms with Crippen molar-refractivity contribution in [3.05, 3.63) is 82.0 Å². The predicted molar refractivity (Wildman–Crippen MR) is 223 cm³/mol. The van der Waals surface area contributed by atoms with E-state index < -0.39 is 21.7 Å². The summed E-state index contributed by atoms with van der Waals surface area (Å²) in [6, 6.07) is 11.6. The van der Waals surface area contributed by atoms with E-state index in [0.717, 1.165) is 82.2 Å². The fourth-order valence-electron chi connectivity index (χ4n) is 9.41. The highest BCUT2D eigenvalue weighted by Gasteiger charge is 2.44. The number of hydrogen-bond donors (Lipinski definition) is 1. The van der Waals surface area contributed by atoms with Crippen LogP contribution in [0.4, 0.5) is 5.69 Å². The van der Waals surface area contributed by atoms with Crippen molar-refractivity contribution in [1.82, 2.24) is 19.4 Å². The first kappa shape index (κ1) is 40.8. The summed E-state index contributed by atoms with van der Waals surface area (Å²) in [6.45, 7) is 8.63. The van der Waals surface area contributed by atoms with E-state index in [9.17, 15) is 13.8 Å². The smallest absolute Gasteiger partial charge is 0.286 e. The first-order chi connectivity index (χ1) is 28.0. The lowest BCUT2D eigenvalue weighted by Crippen LogP contribution is -2.50. The van der Waals surface area contributed by atoms with Gasteiger partial charge < -0.3 is 23.8 Å². The van der Waals surface area contributed by atoms with Crippen LogP contribution in [0.25, 0.3) is 0 Å². The van der Waals surface area contributed by atoms with Gasteiger partial charge in [-0.3, -0.25) is 23.9 Å². The zero-order chi connectivity index (χ0) is 40.4. The summed E-state index contributed by atoms with van der Waals surface area (Å²) in [7, 11) is -0.557. The normalized spacial score (nSPS) is 29.5. The van der Waals surface area contributed by atoms with Gasteiger partial charge in [-0.25, -0.2) is 4.21 Å². The highest BCUT2D eigenvalue weighted by Crippen LogP contribution is 2.47. The van der Waals surface area contributed by atoms with Crippen LogP contribution in [0.3, 0.4) is 0 Å². The lowest BCUT2D eigenvalue weighted by molar-refractivity contribution is -0.0315. The second-order valence-electron chi connectivity index (χ2n) is 16.7. The molecule has 15 heteroatoms. The minimum atomic E-state index is -3.63. The van der Waals surface area contributed by atoms with Crippen LogP contribution >= 0.6 is 11.6 Å². The molecule has 1 aromatic heterocycles. The van der Waals surface area contributed by atoms with Crippen LogP contribution in [0.2, 0.25) is 5.02 Å². The van der Waals surface area contributed by atoms with E-state index in [-0.39, 0.29) is 40.2 Å². The monoisotopic (exact) mass is 834 g/mol. The molecule has 0 radical (unpaired) electrons. The Morgan fingerprint density at radius 3 is 2.79 bits per heavy atom.